The lowest BCUT2D eigenvalue weighted by Gasteiger charge is -2.09. The third-order valence-corrected chi connectivity index (χ3v) is 4.08. The summed E-state index contributed by atoms with van der Waals surface area (Å²) < 4.78 is 26.2. The van der Waals surface area contributed by atoms with Gasteiger partial charge in [-0.3, -0.25) is 4.79 Å². The topological polar surface area (TPSA) is 66.9 Å². The lowest BCUT2D eigenvalue weighted by atomic mass is 10.3. The lowest BCUT2D eigenvalue weighted by Crippen LogP contribution is -2.15. The average molecular weight is 395 g/mol. The molecule has 3 rings (SSSR count). The van der Waals surface area contributed by atoms with E-state index in [9.17, 15) is 13.6 Å². The van der Waals surface area contributed by atoms with Crippen molar-refractivity contribution < 1.29 is 13.6 Å². The van der Waals surface area contributed by atoms with Gasteiger partial charge in [0.15, 0.2) is 11.6 Å². The number of carbonyl (C=O) groups excluding carboxylic acids is 1. The first-order valence-electron chi connectivity index (χ1n) is 7.24. The first-order valence-corrected chi connectivity index (χ1v) is 8.00. The fraction of sp³-hybridized carbons (Fsp3) is 0. The summed E-state index contributed by atoms with van der Waals surface area (Å²) in [5, 5.41) is 5.92. The Kier molecular flexibility index (Phi) is 5.29. The van der Waals surface area contributed by atoms with Crippen molar-refractivity contribution in [2.24, 2.45) is 0 Å². The summed E-state index contributed by atoms with van der Waals surface area (Å²) in [6.45, 7) is 0. The Balaban J connectivity index is 1.79. The predicted molar refractivity (Wildman–Crippen MR) is 96.1 cm³/mol. The molecule has 0 radical (unpaired) electrons. The van der Waals surface area contributed by atoms with Gasteiger partial charge in [0.2, 0.25) is 5.95 Å². The van der Waals surface area contributed by atoms with E-state index in [0.717, 1.165) is 12.1 Å². The Morgan fingerprint density at radius 3 is 2.62 bits per heavy atom. The number of nitrogens with zero attached hydrogens (tertiary/aromatic N) is 2. The number of benzene rings is 2. The molecule has 5 nitrogen and oxygen atoms in total. The Bertz CT molecular complexity index is 985. The van der Waals surface area contributed by atoms with E-state index in [1.54, 1.807) is 18.2 Å². The van der Waals surface area contributed by atoms with E-state index in [2.05, 4.69) is 20.6 Å². The molecule has 0 atom stereocenters. The Labute approximate surface area is 157 Å². The van der Waals surface area contributed by atoms with Gasteiger partial charge in [0, 0.05) is 18.0 Å². The fourth-order valence-corrected chi connectivity index (χ4v) is 2.38. The molecule has 1 aromatic heterocycles. The van der Waals surface area contributed by atoms with E-state index in [1.165, 1.54) is 18.3 Å². The number of hydrogen-bond acceptors (Lipinski definition) is 4. The van der Waals surface area contributed by atoms with Gasteiger partial charge in [0.05, 0.1) is 15.7 Å². The van der Waals surface area contributed by atoms with Crippen LogP contribution in [-0.4, -0.2) is 15.9 Å². The molecule has 0 bridgehead atoms. The quantitative estimate of drug-likeness (QED) is 0.648. The van der Waals surface area contributed by atoms with Gasteiger partial charge in [-0.1, -0.05) is 29.3 Å². The van der Waals surface area contributed by atoms with Crippen LogP contribution in [0.2, 0.25) is 10.0 Å². The zero-order valence-corrected chi connectivity index (χ0v) is 14.4. The minimum atomic E-state index is -1.07. The van der Waals surface area contributed by atoms with Crippen LogP contribution < -0.4 is 10.6 Å². The third-order valence-electron chi connectivity index (χ3n) is 3.26. The van der Waals surface area contributed by atoms with Crippen molar-refractivity contribution in [2.75, 3.05) is 10.6 Å². The van der Waals surface area contributed by atoms with Gasteiger partial charge in [0.1, 0.15) is 5.69 Å². The lowest BCUT2D eigenvalue weighted by molar-refractivity contribution is 0.102. The Hall–Kier alpha value is -2.77. The van der Waals surface area contributed by atoms with E-state index in [4.69, 9.17) is 23.2 Å². The summed E-state index contributed by atoms with van der Waals surface area (Å²) in [6.07, 6.45) is 1.37. The van der Waals surface area contributed by atoms with Gasteiger partial charge >= 0.3 is 0 Å². The van der Waals surface area contributed by atoms with Crippen LogP contribution in [0.5, 0.6) is 0 Å². The number of rotatable bonds is 4. The van der Waals surface area contributed by atoms with Crippen LogP contribution >= 0.6 is 23.2 Å². The van der Waals surface area contributed by atoms with Crippen LogP contribution in [0, 0.1) is 11.6 Å². The molecule has 1 heterocycles. The SMILES string of the molecule is O=C(Nc1ccc(F)c(F)c1)c1ccnc(Nc2cccc(Cl)c2Cl)n1. The second-order valence-electron chi connectivity index (χ2n) is 5.07. The molecule has 1 amide bonds. The highest BCUT2D eigenvalue weighted by Crippen LogP contribution is 2.30. The molecule has 0 aliphatic carbocycles. The Morgan fingerprint density at radius 2 is 1.85 bits per heavy atom. The van der Waals surface area contributed by atoms with Crippen molar-refractivity contribution in [3.63, 3.8) is 0 Å². The van der Waals surface area contributed by atoms with Crippen LogP contribution in [0.1, 0.15) is 10.5 Å². The van der Waals surface area contributed by atoms with Crippen LogP contribution in [-0.2, 0) is 0 Å². The number of amides is 1. The molecular formula is C17H10Cl2F2N4O. The van der Waals surface area contributed by atoms with Crippen molar-refractivity contribution in [2.45, 2.75) is 0 Å². The molecule has 9 heteroatoms. The van der Waals surface area contributed by atoms with Crippen LogP contribution in [0.3, 0.4) is 0 Å². The molecule has 132 valence electrons. The van der Waals surface area contributed by atoms with E-state index in [0.29, 0.717) is 10.7 Å². The van der Waals surface area contributed by atoms with Gasteiger partial charge in [0.25, 0.3) is 5.91 Å². The number of aromatic nitrogens is 2. The molecule has 3 aromatic rings. The van der Waals surface area contributed by atoms with Crippen LogP contribution in [0.15, 0.2) is 48.7 Å². The molecule has 0 aliphatic rings. The summed E-state index contributed by atoms with van der Waals surface area (Å²) >= 11 is 12.0. The van der Waals surface area contributed by atoms with E-state index in [-0.39, 0.29) is 22.4 Å². The summed E-state index contributed by atoms with van der Waals surface area (Å²) in [5.74, 6) is -2.57. The van der Waals surface area contributed by atoms with Crippen molar-refractivity contribution in [3.8, 4) is 0 Å². The zero-order valence-electron chi connectivity index (χ0n) is 12.9. The highest BCUT2D eigenvalue weighted by Gasteiger charge is 2.12. The maximum atomic E-state index is 13.2. The fourth-order valence-electron chi connectivity index (χ4n) is 2.04. The van der Waals surface area contributed by atoms with Crippen LogP contribution in [0.4, 0.5) is 26.1 Å². The maximum Gasteiger partial charge on any atom is 0.274 e. The molecule has 0 saturated heterocycles. The van der Waals surface area contributed by atoms with Crippen molar-refractivity contribution in [3.05, 3.63) is 76.0 Å². The van der Waals surface area contributed by atoms with Crippen molar-refractivity contribution in [1.82, 2.24) is 9.97 Å². The monoisotopic (exact) mass is 394 g/mol. The molecular weight excluding hydrogens is 385 g/mol. The highest BCUT2D eigenvalue weighted by molar-refractivity contribution is 6.43. The summed E-state index contributed by atoms with van der Waals surface area (Å²) in [4.78, 5) is 20.3. The molecule has 0 spiro atoms. The smallest absolute Gasteiger partial charge is 0.274 e. The first-order chi connectivity index (χ1) is 12.4. The minimum absolute atomic E-state index is 0.0189. The molecule has 2 aromatic carbocycles. The summed E-state index contributed by atoms with van der Waals surface area (Å²) in [7, 11) is 0. The number of anilines is 3. The minimum Gasteiger partial charge on any atom is -0.323 e. The normalized spacial score (nSPS) is 10.5. The van der Waals surface area contributed by atoms with Gasteiger partial charge in [-0.05, 0) is 30.3 Å². The molecule has 26 heavy (non-hydrogen) atoms. The number of hydrogen-bond donors (Lipinski definition) is 2. The van der Waals surface area contributed by atoms with Crippen LogP contribution in [0.25, 0.3) is 0 Å². The maximum absolute atomic E-state index is 13.2. The second kappa shape index (κ2) is 7.63. The van der Waals surface area contributed by atoms with E-state index in [1.807, 2.05) is 0 Å². The van der Waals surface area contributed by atoms with Crippen molar-refractivity contribution in [1.29, 1.82) is 0 Å². The van der Waals surface area contributed by atoms with Gasteiger partial charge in [-0.2, -0.15) is 0 Å². The summed E-state index contributed by atoms with van der Waals surface area (Å²) in [5.41, 5.74) is 0.586. The largest absolute Gasteiger partial charge is 0.323 e. The summed E-state index contributed by atoms with van der Waals surface area (Å²) in [6, 6.07) is 9.39. The molecule has 0 aliphatic heterocycles. The zero-order chi connectivity index (χ0) is 18.7. The number of nitrogens with one attached hydrogen (secondary N) is 2. The number of halogens is 4. The number of carbonyl (C=O) groups is 1. The molecule has 0 unspecified atom stereocenters. The van der Waals surface area contributed by atoms with Gasteiger partial charge in [-0.15, -0.1) is 0 Å². The van der Waals surface area contributed by atoms with Gasteiger partial charge in [-0.25, -0.2) is 18.7 Å². The first kappa shape index (κ1) is 18.0. The molecule has 2 N–H and O–H groups in total. The van der Waals surface area contributed by atoms with E-state index < -0.39 is 17.5 Å². The highest BCUT2D eigenvalue weighted by atomic mass is 35.5. The second-order valence-corrected chi connectivity index (χ2v) is 5.86. The van der Waals surface area contributed by atoms with Crippen molar-refractivity contribution >= 4 is 46.4 Å². The predicted octanol–water partition coefficient (Wildman–Crippen LogP) is 5.06. The van der Waals surface area contributed by atoms with Gasteiger partial charge < -0.3 is 10.6 Å². The molecule has 0 fully saturated rings. The molecule has 0 saturated carbocycles. The third kappa shape index (κ3) is 4.07. The van der Waals surface area contributed by atoms with E-state index >= 15 is 0 Å². The average Bonchev–Trinajstić information content (AvgIpc) is 2.62. The standard InChI is InChI=1S/C17H10Cl2F2N4O/c18-10-2-1-3-13(15(10)19)24-17-22-7-6-14(25-17)16(26)23-9-4-5-11(20)12(21)8-9/h1-8H,(H,23,26)(H,22,24,25). The Morgan fingerprint density at radius 1 is 1.04 bits per heavy atom.